The molecular weight excluding hydrogens is 334 g/mol. The second-order valence-electron chi connectivity index (χ2n) is 7.11. The number of benzene rings is 3. The van der Waals surface area contributed by atoms with Crippen molar-refractivity contribution in [1.29, 1.82) is 0 Å². The molecule has 0 saturated heterocycles. The van der Waals surface area contributed by atoms with Crippen molar-refractivity contribution in [3.63, 3.8) is 0 Å². The van der Waals surface area contributed by atoms with Gasteiger partial charge in [-0.05, 0) is 48.9 Å². The average Bonchev–Trinajstić information content (AvgIpc) is 3.08. The molecule has 1 aromatic heterocycles. The fourth-order valence-corrected chi connectivity index (χ4v) is 4.05. The predicted octanol–water partition coefficient (Wildman–Crippen LogP) is 5.30. The van der Waals surface area contributed by atoms with Crippen molar-refractivity contribution in [3.05, 3.63) is 77.5 Å². The lowest BCUT2D eigenvalue weighted by Crippen LogP contribution is -2.26. The Morgan fingerprint density at radius 2 is 1.85 bits per heavy atom. The molecule has 1 atom stereocenters. The summed E-state index contributed by atoms with van der Waals surface area (Å²) in [6.07, 6.45) is -0.134. The second-order valence-corrected chi connectivity index (χ2v) is 7.11. The van der Waals surface area contributed by atoms with E-state index in [1.807, 2.05) is 13.0 Å². The van der Waals surface area contributed by atoms with Crippen LogP contribution in [0.5, 0.6) is 5.75 Å². The van der Waals surface area contributed by atoms with Crippen LogP contribution in [0.4, 0.5) is 5.69 Å². The summed E-state index contributed by atoms with van der Waals surface area (Å²) >= 11 is 0. The SMILES string of the molecule is COc1ccc2ccccc2c1[C@@H]1Nc2ccc(C)cc2-c2cc(C)nn21. The molecule has 134 valence electrons. The molecule has 0 fully saturated rings. The number of aromatic nitrogens is 2. The second kappa shape index (κ2) is 5.88. The van der Waals surface area contributed by atoms with Crippen LogP contribution >= 0.6 is 0 Å². The smallest absolute Gasteiger partial charge is 0.151 e. The summed E-state index contributed by atoms with van der Waals surface area (Å²) < 4.78 is 7.84. The Morgan fingerprint density at radius 1 is 1.00 bits per heavy atom. The van der Waals surface area contributed by atoms with Gasteiger partial charge in [-0.2, -0.15) is 5.10 Å². The van der Waals surface area contributed by atoms with Gasteiger partial charge < -0.3 is 10.1 Å². The highest BCUT2D eigenvalue weighted by atomic mass is 16.5. The van der Waals surface area contributed by atoms with Crippen molar-refractivity contribution in [2.45, 2.75) is 20.0 Å². The van der Waals surface area contributed by atoms with Gasteiger partial charge in [0.25, 0.3) is 0 Å². The quantitative estimate of drug-likeness (QED) is 0.530. The highest BCUT2D eigenvalue weighted by Crippen LogP contribution is 2.43. The van der Waals surface area contributed by atoms with Crippen LogP contribution in [0.2, 0.25) is 0 Å². The molecule has 0 unspecified atom stereocenters. The molecule has 2 heterocycles. The molecule has 1 aliphatic rings. The van der Waals surface area contributed by atoms with E-state index in [4.69, 9.17) is 9.84 Å². The van der Waals surface area contributed by atoms with Crippen LogP contribution in [0.15, 0.2) is 60.7 Å². The van der Waals surface area contributed by atoms with Gasteiger partial charge in [-0.3, -0.25) is 0 Å². The molecule has 0 saturated carbocycles. The van der Waals surface area contributed by atoms with Gasteiger partial charge >= 0.3 is 0 Å². The molecule has 3 aromatic carbocycles. The first-order valence-corrected chi connectivity index (χ1v) is 9.15. The Hall–Kier alpha value is -3.27. The van der Waals surface area contributed by atoms with Crippen molar-refractivity contribution < 1.29 is 4.74 Å². The Kier molecular flexibility index (Phi) is 3.47. The van der Waals surface area contributed by atoms with E-state index >= 15 is 0 Å². The summed E-state index contributed by atoms with van der Waals surface area (Å²) in [5.41, 5.74) is 6.78. The van der Waals surface area contributed by atoms with Crippen molar-refractivity contribution >= 4 is 16.5 Å². The topological polar surface area (TPSA) is 39.1 Å². The standard InChI is InChI=1S/C23H21N3O/c1-14-8-10-19-18(12-14)20-13-15(2)25-26(20)23(24-19)22-17-7-5-4-6-16(17)9-11-21(22)27-3/h4-13,23-24H,1-3H3/t23-/m1/s1. The van der Waals surface area contributed by atoms with Crippen LogP contribution in [0, 0.1) is 13.8 Å². The van der Waals surface area contributed by atoms with E-state index in [1.54, 1.807) is 7.11 Å². The first-order chi connectivity index (χ1) is 13.2. The van der Waals surface area contributed by atoms with Gasteiger partial charge in [0.05, 0.1) is 18.5 Å². The maximum Gasteiger partial charge on any atom is 0.151 e. The lowest BCUT2D eigenvalue weighted by atomic mass is 9.97. The highest BCUT2D eigenvalue weighted by Gasteiger charge is 2.29. The Labute approximate surface area is 158 Å². The number of hydrogen-bond donors (Lipinski definition) is 1. The molecule has 4 heteroatoms. The molecular formula is C23H21N3O. The zero-order valence-electron chi connectivity index (χ0n) is 15.7. The minimum atomic E-state index is -0.134. The summed E-state index contributed by atoms with van der Waals surface area (Å²) in [6.45, 7) is 4.16. The molecule has 0 bridgehead atoms. The summed E-state index contributed by atoms with van der Waals surface area (Å²) in [7, 11) is 1.73. The van der Waals surface area contributed by atoms with Crippen LogP contribution in [0.25, 0.3) is 22.0 Å². The number of fused-ring (bicyclic) bond motifs is 4. The third-order valence-electron chi connectivity index (χ3n) is 5.27. The number of rotatable bonds is 2. The van der Waals surface area contributed by atoms with E-state index < -0.39 is 0 Å². The van der Waals surface area contributed by atoms with Gasteiger partial charge in [-0.25, -0.2) is 4.68 Å². The maximum atomic E-state index is 5.75. The van der Waals surface area contributed by atoms with E-state index in [2.05, 4.69) is 71.5 Å². The molecule has 0 radical (unpaired) electrons. The van der Waals surface area contributed by atoms with Crippen molar-refractivity contribution in [1.82, 2.24) is 9.78 Å². The van der Waals surface area contributed by atoms with Crippen LogP contribution in [-0.2, 0) is 0 Å². The van der Waals surface area contributed by atoms with Crippen molar-refractivity contribution in [2.75, 3.05) is 12.4 Å². The van der Waals surface area contributed by atoms with E-state index in [0.717, 1.165) is 28.4 Å². The molecule has 4 aromatic rings. The average molecular weight is 355 g/mol. The number of nitrogens with zero attached hydrogens (tertiary/aromatic N) is 2. The predicted molar refractivity (Wildman–Crippen MR) is 109 cm³/mol. The first-order valence-electron chi connectivity index (χ1n) is 9.15. The zero-order valence-corrected chi connectivity index (χ0v) is 15.7. The van der Waals surface area contributed by atoms with Crippen molar-refractivity contribution in [2.24, 2.45) is 0 Å². The highest BCUT2D eigenvalue weighted by molar-refractivity contribution is 5.90. The summed E-state index contributed by atoms with van der Waals surface area (Å²) in [6, 6.07) is 21.2. The number of ether oxygens (including phenoxy) is 1. The van der Waals surface area contributed by atoms with E-state index in [-0.39, 0.29) is 6.17 Å². The lowest BCUT2D eigenvalue weighted by Gasteiger charge is -2.31. The molecule has 27 heavy (non-hydrogen) atoms. The summed E-state index contributed by atoms with van der Waals surface area (Å²) in [5.74, 6) is 0.862. The van der Waals surface area contributed by atoms with Crippen LogP contribution in [0.3, 0.4) is 0 Å². The number of methoxy groups -OCH3 is 1. The zero-order chi connectivity index (χ0) is 18.5. The molecule has 1 N–H and O–H groups in total. The summed E-state index contributed by atoms with van der Waals surface area (Å²) in [5, 5.41) is 10.9. The van der Waals surface area contributed by atoms with Gasteiger partial charge in [0.15, 0.2) is 6.17 Å². The van der Waals surface area contributed by atoms with Crippen LogP contribution in [-0.4, -0.2) is 16.9 Å². The molecule has 5 rings (SSSR count). The molecule has 0 amide bonds. The lowest BCUT2D eigenvalue weighted by molar-refractivity contribution is 0.403. The number of anilines is 1. The number of nitrogens with one attached hydrogen (secondary N) is 1. The Balaban J connectivity index is 1.80. The normalized spacial score (nSPS) is 15.1. The Morgan fingerprint density at radius 3 is 2.70 bits per heavy atom. The minimum Gasteiger partial charge on any atom is -0.496 e. The van der Waals surface area contributed by atoms with Gasteiger partial charge in [-0.1, -0.05) is 42.0 Å². The third-order valence-corrected chi connectivity index (χ3v) is 5.27. The molecule has 4 nitrogen and oxygen atoms in total. The van der Waals surface area contributed by atoms with Gasteiger partial charge in [0.1, 0.15) is 5.75 Å². The fourth-order valence-electron chi connectivity index (χ4n) is 4.05. The molecule has 0 spiro atoms. The third kappa shape index (κ3) is 2.40. The van der Waals surface area contributed by atoms with Crippen LogP contribution < -0.4 is 10.1 Å². The maximum absolute atomic E-state index is 5.75. The van der Waals surface area contributed by atoms with Crippen molar-refractivity contribution in [3.8, 4) is 17.0 Å². The van der Waals surface area contributed by atoms with Gasteiger partial charge in [-0.15, -0.1) is 0 Å². The largest absolute Gasteiger partial charge is 0.496 e. The van der Waals surface area contributed by atoms with E-state index in [0.29, 0.717) is 0 Å². The van der Waals surface area contributed by atoms with E-state index in [1.165, 1.54) is 21.9 Å². The monoisotopic (exact) mass is 355 g/mol. The Bertz CT molecular complexity index is 1180. The summed E-state index contributed by atoms with van der Waals surface area (Å²) in [4.78, 5) is 0. The molecule has 0 aliphatic carbocycles. The van der Waals surface area contributed by atoms with Gasteiger partial charge in [0.2, 0.25) is 0 Å². The minimum absolute atomic E-state index is 0.134. The molecule has 1 aliphatic heterocycles. The number of aryl methyl sites for hydroxylation is 2. The van der Waals surface area contributed by atoms with E-state index in [9.17, 15) is 0 Å². The van der Waals surface area contributed by atoms with Crippen LogP contribution in [0.1, 0.15) is 23.0 Å². The number of hydrogen-bond acceptors (Lipinski definition) is 3. The van der Waals surface area contributed by atoms with Gasteiger partial charge in [0, 0.05) is 16.8 Å². The first kappa shape index (κ1) is 15.9. The fraction of sp³-hybridized carbons (Fsp3) is 0.174.